The molecule has 0 saturated heterocycles. The molecule has 0 spiro atoms. The Morgan fingerprint density at radius 2 is 1.83 bits per heavy atom. The lowest BCUT2D eigenvalue weighted by Crippen LogP contribution is -2.26. The third kappa shape index (κ3) is 1.99. The molecule has 3 rings (SSSR count). The summed E-state index contributed by atoms with van der Waals surface area (Å²) in [5.74, 6) is 0.703. The van der Waals surface area contributed by atoms with Crippen molar-refractivity contribution in [3.05, 3.63) is 35.4 Å². The summed E-state index contributed by atoms with van der Waals surface area (Å²) >= 11 is 0. The lowest BCUT2D eigenvalue weighted by molar-refractivity contribution is 0.0322. The zero-order valence-corrected chi connectivity index (χ0v) is 11.6. The van der Waals surface area contributed by atoms with E-state index in [2.05, 4.69) is 38.1 Å². The van der Waals surface area contributed by atoms with Crippen LogP contribution < -0.4 is 0 Å². The zero-order chi connectivity index (χ0) is 12.8. The van der Waals surface area contributed by atoms with Gasteiger partial charge < -0.3 is 5.11 Å². The molecule has 1 atom stereocenters. The minimum Gasteiger partial charge on any atom is -0.385 e. The van der Waals surface area contributed by atoms with Gasteiger partial charge in [-0.3, -0.25) is 0 Å². The van der Waals surface area contributed by atoms with Crippen molar-refractivity contribution in [1.29, 1.82) is 0 Å². The molecule has 1 N–H and O–H groups in total. The number of hydrogen-bond acceptors (Lipinski definition) is 1. The molecule has 98 valence electrons. The first kappa shape index (κ1) is 12.2. The van der Waals surface area contributed by atoms with E-state index >= 15 is 0 Å². The molecular weight excluding hydrogens is 220 g/mol. The topological polar surface area (TPSA) is 20.2 Å². The summed E-state index contributed by atoms with van der Waals surface area (Å²) in [6.07, 6.45) is 6.91. The van der Waals surface area contributed by atoms with Crippen LogP contribution in [0.3, 0.4) is 0 Å². The predicted molar refractivity (Wildman–Crippen MR) is 74.6 cm³/mol. The molecule has 2 aliphatic rings. The number of hydrogen-bond donors (Lipinski definition) is 1. The molecule has 0 radical (unpaired) electrons. The van der Waals surface area contributed by atoms with E-state index in [1.54, 1.807) is 0 Å². The molecule has 1 aromatic rings. The Bertz CT molecular complexity index is 445. The first-order valence-electron chi connectivity index (χ1n) is 7.32. The van der Waals surface area contributed by atoms with Gasteiger partial charge in [-0.1, -0.05) is 44.5 Å². The molecule has 1 unspecified atom stereocenters. The molecule has 2 aliphatic carbocycles. The molecule has 0 aromatic heterocycles. The maximum Gasteiger partial charge on any atom is 0.0904 e. The number of benzene rings is 1. The van der Waals surface area contributed by atoms with Gasteiger partial charge in [0, 0.05) is 0 Å². The van der Waals surface area contributed by atoms with Crippen LogP contribution in [0, 0.1) is 5.41 Å². The minimum atomic E-state index is -0.574. The standard InChI is InChI=1S/C17H24O/c1-16(2)10-11-17(18,12-16)15-9-4-3-8-14(15)13-6-5-7-13/h3-4,8-9,13,18H,5-7,10-12H2,1-2H3. The van der Waals surface area contributed by atoms with Gasteiger partial charge >= 0.3 is 0 Å². The SMILES string of the molecule is CC1(C)CCC(O)(c2ccccc2C2CCC2)C1. The van der Waals surface area contributed by atoms with Crippen LogP contribution in [-0.2, 0) is 5.60 Å². The van der Waals surface area contributed by atoms with Gasteiger partial charge in [0.25, 0.3) is 0 Å². The van der Waals surface area contributed by atoms with Gasteiger partial charge in [-0.05, 0) is 54.6 Å². The summed E-state index contributed by atoms with van der Waals surface area (Å²) < 4.78 is 0. The van der Waals surface area contributed by atoms with Crippen LogP contribution in [0.5, 0.6) is 0 Å². The van der Waals surface area contributed by atoms with Crippen LogP contribution in [0.1, 0.15) is 69.4 Å². The smallest absolute Gasteiger partial charge is 0.0904 e. The van der Waals surface area contributed by atoms with Crippen molar-refractivity contribution in [2.24, 2.45) is 5.41 Å². The van der Waals surface area contributed by atoms with Crippen molar-refractivity contribution < 1.29 is 5.11 Å². The third-order valence-corrected chi connectivity index (χ3v) is 4.99. The average molecular weight is 244 g/mol. The van der Waals surface area contributed by atoms with Crippen LogP contribution >= 0.6 is 0 Å². The van der Waals surface area contributed by atoms with Crippen molar-refractivity contribution in [1.82, 2.24) is 0 Å². The fraction of sp³-hybridized carbons (Fsp3) is 0.647. The normalized spacial score (nSPS) is 31.3. The van der Waals surface area contributed by atoms with Crippen molar-refractivity contribution in [2.75, 3.05) is 0 Å². The molecule has 0 amide bonds. The first-order chi connectivity index (χ1) is 8.50. The second kappa shape index (κ2) is 4.09. The van der Waals surface area contributed by atoms with E-state index in [9.17, 15) is 5.11 Å². The van der Waals surface area contributed by atoms with Crippen molar-refractivity contribution >= 4 is 0 Å². The second-order valence-electron chi connectivity index (χ2n) is 7.09. The average Bonchev–Trinajstić information content (AvgIpc) is 2.52. The van der Waals surface area contributed by atoms with Crippen LogP contribution in [-0.4, -0.2) is 5.11 Å². The Morgan fingerprint density at radius 1 is 1.11 bits per heavy atom. The molecule has 1 aromatic carbocycles. The van der Waals surface area contributed by atoms with Gasteiger partial charge in [0.15, 0.2) is 0 Å². The fourth-order valence-corrected chi connectivity index (χ4v) is 3.74. The lowest BCUT2D eigenvalue weighted by atomic mass is 9.74. The number of rotatable bonds is 2. The van der Waals surface area contributed by atoms with E-state index < -0.39 is 5.60 Å². The van der Waals surface area contributed by atoms with Crippen molar-refractivity contribution in [3.63, 3.8) is 0 Å². The van der Waals surface area contributed by atoms with E-state index in [1.165, 1.54) is 30.4 Å². The highest BCUT2D eigenvalue weighted by Gasteiger charge is 2.44. The summed E-state index contributed by atoms with van der Waals surface area (Å²) in [7, 11) is 0. The van der Waals surface area contributed by atoms with Gasteiger partial charge in [0.05, 0.1) is 5.60 Å². The maximum absolute atomic E-state index is 11.0. The third-order valence-electron chi connectivity index (χ3n) is 4.99. The van der Waals surface area contributed by atoms with E-state index in [4.69, 9.17) is 0 Å². The van der Waals surface area contributed by atoms with E-state index in [1.807, 2.05) is 0 Å². The second-order valence-corrected chi connectivity index (χ2v) is 7.09. The van der Waals surface area contributed by atoms with Crippen LogP contribution in [0.4, 0.5) is 0 Å². The van der Waals surface area contributed by atoms with Crippen LogP contribution in [0.25, 0.3) is 0 Å². The molecule has 0 heterocycles. The molecule has 1 heteroatoms. The highest BCUT2D eigenvalue weighted by atomic mass is 16.3. The monoisotopic (exact) mass is 244 g/mol. The minimum absolute atomic E-state index is 0.279. The Balaban J connectivity index is 1.96. The van der Waals surface area contributed by atoms with E-state index in [-0.39, 0.29) is 5.41 Å². The zero-order valence-electron chi connectivity index (χ0n) is 11.6. The molecule has 2 fully saturated rings. The van der Waals surface area contributed by atoms with Crippen molar-refractivity contribution in [2.45, 2.75) is 63.9 Å². The quantitative estimate of drug-likeness (QED) is 0.820. The Kier molecular flexibility index (Phi) is 2.78. The Hall–Kier alpha value is -0.820. The number of aliphatic hydroxyl groups is 1. The Morgan fingerprint density at radius 3 is 2.39 bits per heavy atom. The molecule has 0 bridgehead atoms. The molecule has 18 heavy (non-hydrogen) atoms. The highest BCUT2D eigenvalue weighted by Crippen LogP contribution is 2.51. The molecular formula is C17H24O. The van der Waals surface area contributed by atoms with Crippen LogP contribution in [0.15, 0.2) is 24.3 Å². The molecule has 2 saturated carbocycles. The predicted octanol–water partition coefficient (Wildman–Crippen LogP) is 4.35. The summed E-state index contributed by atoms with van der Waals surface area (Å²) in [6.45, 7) is 4.55. The Labute approximate surface area is 110 Å². The summed E-state index contributed by atoms with van der Waals surface area (Å²) in [4.78, 5) is 0. The first-order valence-corrected chi connectivity index (χ1v) is 7.32. The highest BCUT2D eigenvalue weighted by molar-refractivity contribution is 5.37. The van der Waals surface area contributed by atoms with Gasteiger partial charge in [-0.2, -0.15) is 0 Å². The van der Waals surface area contributed by atoms with Gasteiger partial charge in [-0.15, -0.1) is 0 Å². The lowest BCUT2D eigenvalue weighted by Gasteiger charge is -2.34. The van der Waals surface area contributed by atoms with E-state index in [0.717, 1.165) is 19.3 Å². The largest absolute Gasteiger partial charge is 0.385 e. The summed E-state index contributed by atoms with van der Waals surface area (Å²) in [6, 6.07) is 8.61. The molecule has 0 aliphatic heterocycles. The van der Waals surface area contributed by atoms with Gasteiger partial charge in [0.2, 0.25) is 0 Å². The summed E-state index contributed by atoms with van der Waals surface area (Å²) in [5, 5.41) is 11.0. The van der Waals surface area contributed by atoms with E-state index in [0.29, 0.717) is 5.92 Å². The maximum atomic E-state index is 11.0. The van der Waals surface area contributed by atoms with Gasteiger partial charge in [0.1, 0.15) is 0 Å². The summed E-state index contributed by atoms with van der Waals surface area (Å²) in [5.41, 5.74) is 2.35. The van der Waals surface area contributed by atoms with Gasteiger partial charge in [-0.25, -0.2) is 0 Å². The fourth-order valence-electron chi connectivity index (χ4n) is 3.74. The van der Waals surface area contributed by atoms with Crippen LogP contribution in [0.2, 0.25) is 0 Å². The molecule has 1 nitrogen and oxygen atoms in total. The van der Waals surface area contributed by atoms with Crippen molar-refractivity contribution in [3.8, 4) is 0 Å².